The molecule has 0 bridgehead atoms. The summed E-state index contributed by atoms with van der Waals surface area (Å²) < 4.78 is 3.59. The van der Waals surface area contributed by atoms with Gasteiger partial charge in [0.1, 0.15) is 5.84 Å². The maximum Gasteiger partial charge on any atom is 0.163 e. The maximum absolute atomic E-state index is 7.74. The monoisotopic (exact) mass is 260 g/mol. The second-order valence-electron chi connectivity index (χ2n) is 4.57. The van der Waals surface area contributed by atoms with E-state index in [2.05, 4.69) is 30.1 Å². The predicted molar refractivity (Wildman–Crippen MR) is 74.8 cm³/mol. The van der Waals surface area contributed by atoms with E-state index < -0.39 is 0 Å². The van der Waals surface area contributed by atoms with E-state index in [0.717, 1.165) is 35.7 Å². The van der Waals surface area contributed by atoms with Gasteiger partial charge in [-0.1, -0.05) is 13.8 Å². The third kappa shape index (κ3) is 2.14. The van der Waals surface area contributed by atoms with Gasteiger partial charge in [-0.15, -0.1) is 0 Å². The number of hydrogen-bond acceptors (Lipinski definition) is 3. The zero-order chi connectivity index (χ0) is 14.2. The van der Waals surface area contributed by atoms with Gasteiger partial charge in [0, 0.05) is 12.7 Å². The summed E-state index contributed by atoms with van der Waals surface area (Å²) in [6.45, 7) is 6.02. The second-order valence-corrected chi connectivity index (χ2v) is 4.57. The van der Waals surface area contributed by atoms with Crippen LogP contribution in [0.15, 0.2) is 6.07 Å². The van der Waals surface area contributed by atoms with Crippen LogP contribution in [0, 0.1) is 12.3 Å². The van der Waals surface area contributed by atoms with Gasteiger partial charge in [0.2, 0.25) is 0 Å². The number of hydrogen-bond donors (Lipinski definition) is 2. The van der Waals surface area contributed by atoms with Crippen molar-refractivity contribution in [1.82, 2.24) is 19.6 Å². The fourth-order valence-corrected chi connectivity index (χ4v) is 2.29. The van der Waals surface area contributed by atoms with E-state index in [4.69, 9.17) is 11.1 Å². The summed E-state index contributed by atoms with van der Waals surface area (Å²) in [5, 5.41) is 16.7. The number of nitrogens with zero attached hydrogens (tertiary/aromatic N) is 4. The molecule has 6 heteroatoms. The summed E-state index contributed by atoms with van der Waals surface area (Å²) >= 11 is 0. The van der Waals surface area contributed by atoms with E-state index in [1.165, 1.54) is 0 Å². The van der Waals surface area contributed by atoms with Crippen LogP contribution >= 0.6 is 0 Å². The highest BCUT2D eigenvalue weighted by atomic mass is 15.4. The summed E-state index contributed by atoms with van der Waals surface area (Å²) in [6.07, 6.45) is 1.75. The number of nitrogens with one attached hydrogen (secondary N) is 1. The minimum absolute atomic E-state index is 0.0243. The van der Waals surface area contributed by atoms with Crippen molar-refractivity contribution < 1.29 is 0 Å². The lowest BCUT2D eigenvalue weighted by molar-refractivity contribution is 0.672. The van der Waals surface area contributed by atoms with Crippen LogP contribution in [-0.4, -0.2) is 25.4 Å². The van der Waals surface area contributed by atoms with Crippen LogP contribution in [0.5, 0.6) is 0 Å². The standard InChI is InChI=1S/C13H20N6/c1-5-9-7-10(6-2)19(17-9)13-11(12(14)15)8(3)16-18(13)4/h7H,5-6H2,1-4H3,(H3,14,15). The highest BCUT2D eigenvalue weighted by Gasteiger charge is 2.20. The van der Waals surface area contributed by atoms with Crippen molar-refractivity contribution in [2.24, 2.45) is 12.8 Å². The molecule has 0 unspecified atom stereocenters. The third-order valence-electron chi connectivity index (χ3n) is 3.22. The number of aromatic nitrogens is 4. The first-order valence-corrected chi connectivity index (χ1v) is 6.45. The fraction of sp³-hybridized carbons (Fsp3) is 0.462. The Morgan fingerprint density at radius 1 is 1.32 bits per heavy atom. The Balaban J connectivity index is 2.71. The average Bonchev–Trinajstić information content (AvgIpc) is 2.88. The van der Waals surface area contributed by atoms with Crippen LogP contribution < -0.4 is 5.73 Å². The van der Waals surface area contributed by atoms with Crippen molar-refractivity contribution in [1.29, 1.82) is 5.41 Å². The van der Waals surface area contributed by atoms with Crippen molar-refractivity contribution in [2.75, 3.05) is 0 Å². The molecule has 0 amide bonds. The van der Waals surface area contributed by atoms with Gasteiger partial charge in [-0.25, -0.2) is 4.68 Å². The lowest BCUT2D eigenvalue weighted by Crippen LogP contribution is -2.17. The van der Waals surface area contributed by atoms with Gasteiger partial charge >= 0.3 is 0 Å². The summed E-state index contributed by atoms with van der Waals surface area (Å²) in [4.78, 5) is 0. The Morgan fingerprint density at radius 3 is 2.53 bits per heavy atom. The molecule has 0 atom stereocenters. The minimum atomic E-state index is 0.0243. The molecular weight excluding hydrogens is 240 g/mol. The Labute approximate surface area is 112 Å². The van der Waals surface area contributed by atoms with E-state index in [0.29, 0.717) is 5.56 Å². The van der Waals surface area contributed by atoms with Crippen molar-refractivity contribution >= 4 is 5.84 Å². The number of aryl methyl sites for hydroxylation is 4. The second kappa shape index (κ2) is 4.87. The largest absolute Gasteiger partial charge is 0.384 e. The number of rotatable bonds is 4. The molecule has 0 aromatic carbocycles. The molecule has 0 radical (unpaired) electrons. The SMILES string of the molecule is CCc1cc(CC)n(-c2c(C(=N)N)c(C)nn2C)n1. The summed E-state index contributed by atoms with van der Waals surface area (Å²) in [5.74, 6) is 0.790. The average molecular weight is 260 g/mol. The van der Waals surface area contributed by atoms with Crippen LogP contribution in [0.2, 0.25) is 0 Å². The van der Waals surface area contributed by atoms with Crippen molar-refractivity contribution in [2.45, 2.75) is 33.6 Å². The summed E-state index contributed by atoms with van der Waals surface area (Å²) in [7, 11) is 1.85. The minimum Gasteiger partial charge on any atom is -0.384 e. The van der Waals surface area contributed by atoms with E-state index in [1.54, 1.807) is 4.68 Å². The predicted octanol–water partition coefficient (Wildman–Crippen LogP) is 1.32. The van der Waals surface area contributed by atoms with Gasteiger partial charge in [0.15, 0.2) is 5.82 Å². The molecule has 19 heavy (non-hydrogen) atoms. The molecule has 2 rings (SSSR count). The normalized spacial score (nSPS) is 10.9. The third-order valence-corrected chi connectivity index (χ3v) is 3.22. The van der Waals surface area contributed by atoms with Gasteiger partial charge in [-0.2, -0.15) is 10.2 Å². The topological polar surface area (TPSA) is 85.5 Å². The molecule has 0 fully saturated rings. The fourth-order valence-electron chi connectivity index (χ4n) is 2.29. The van der Waals surface area contributed by atoms with Crippen LogP contribution in [-0.2, 0) is 19.9 Å². The van der Waals surface area contributed by atoms with Crippen molar-refractivity contribution in [3.63, 3.8) is 0 Å². The quantitative estimate of drug-likeness (QED) is 0.642. The number of nitrogen functional groups attached to an aromatic ring is 1. The van der Waals surface area contributed by atoms with Gasteiger partial charge in [-0.05, 0) is 25.8 Å². The van der Waals surface area contributed by atoms with E-state index in [-0.39, 0.29) is 5.84 Å². The molecule has 102 valence electrons. The highest BCUT2D eigenvalue weighted by molar-refractivity contribution is 5.99. The number of nitrogens with two attached hydrogens (primary N) is 1. The van der Waals surface area contributed by atoms with Gasteiger partial charge in [0.05, 0.1) is 17.0 Å². The molecule has 3 N–H and O–H groups in total. The first-order chi connectivity index (χ1) is 8.99. The molecular formula is C13H20N6. The first-order valence-electron chi connectivity index (χ1n) is 6.45. The molecule has 6 nitrogen and oxygen atoms in total. The Morgan fingerprint density at radius 2 is 2.00 bits per heavy atom. The van der Waals surface area contributed by atoms with E-state index in [9.17, 15) is 0 Å². The zero-order valence-corrected chi connectivity index (χ0v) is 11.9. The van der Waals surface area contributed by atoms with Gasteiger partial charge in [-0.3, -0.25) is 10.1 Å². The molecule has 0 aliphatic rings. The van der Waals surface area contributed by atoms with Crippen molar-refractivity contribution in [3.8, 4) is 5.82 Å². The smallest absolute Gasteiger partial charge is 0.163 e. The highest BCUT2D eigenvalue weighted by Crippen LogP contribution is 2.20. The van der Waals surface area contributed by atoms with Gasteiger partial charge in [0.25, 0.3) is 0 Å². The van der Waals surface area contributed by atoms with Gasteiger partial charge < -0.3 is 5.73 Å². The molecule has 2 heterocycles. The van der Waals surface area contributed by atoms with Crippen LogP contribution in [0.4, 0.5) is 0 Å². The summed E-state index contributed by atoms with van der Waals surface area (Å²) in [6, 6.07) is 2.09. The molecule has 0 aliphatic heterocycles. The lowest BCUT2D eigenvalue weighted by atomic mass is 10.2. The van der Waals surface area contributed by atoms with E-state index >= 15 is 0 Å². The van der Waals surface area contributed by atoms with Crippen LogP contribution in [0.25, 0.3) is 5.82 Å². The molecule has 0 aliphatic carbocycles. The molecule has 2 aromatic rings. The lowest BCUT2D eigenvalue weighted by Gasteiger charge is -2.08. The Bertz CT molecular complexity index is 619. The summed E-state index contributed by atoms with van der Waals surface area (Å²) in [5.41, 5.74) is 9.22. The van der Waals surface area contributed by atoms with Crippen LogP contribution in [0.1, 0.15) is 36.5 Å². The Hall–Kier alpha value is -2.11. The van der Waals surface area contributed by atoms with E-state index in [1.807, 2.05) is 18.7 Å². The number of amidine groups is 1. The van der Waals surface area contributed by atoms with Crippen molar-refractivity contribution in [3.05, 3.63) is 28.7 Å². The molecule has 0 spiro atoms. The maximum atomic E-state index is 7.74. The Kier molecular flexibility index (Phi) is 3.42. The molecule has 0 saturated heterocycles. The molecule has 0 saturated carbocycles. The first kappa shape index (κ1) is 13.3. The van der Waals surface area contributed by atoms with Crippen LogP contribution in [0.3, 0.4) is 0 Å². The molecule has 2 aromatic heterocycles. The zero-order valence-electron chi connectivity index (χ0n) is 11.9.